The van der Waals surface area contributed by atoms with Crippen molar-refractivity contribution in [1.29, 1.82) is 0 Å². The van der Waals surface area contributed by atoms with Gasteiger partial charge in [0.2, 0.25) is 0 Å². The maximum absolute atomic E-state index is 5.51. The summed E-state index contributed by atoms with van der Waals surface area (Å²) in [5, 5.41) is 6.99. The van der Waals surface area contributed by atoms with Crippen LogP contribution in [-0.4, -0.2) is 87.4 Å². The number of likely N-dealkylation sites (tertiary alicyclic amines) is 1. The van der Waals surface area contributed by atoms with E-state index < -0.39 is 0 Å². The van der Waals surface area contributed by atoms with Crippen molar-refractivity contribution in [3.05, 3.63) is 0 Å². The minimum Gasteiger partial charge on any atom is -0.379 e. The molecule has 2 fully saturated rings. The summed E-state index contributed by atoms with van der Waals surface area (Å²) in [6.07, 6.45) is 3.93. The first-order valence-electron chi connectivity index (χ1n) is 11.2. The number of hydrogen-bond donors (Lipinski definition) is 2. The van der Waals surface area contributed by atoms with Crippen LogP contribution in [-0.2, 0) is 4.74 Å². The summed E-state index contributed by atoms with van der Waals surface area (Å²) in [5.41, 5.74) is 0. The summed E-state index contributed by atoms with van der Waals surface area (Å²) in [4.78, 5) is 10.0. The van der Waals surface area contributed by atoms with Gasteiger partial charge in [-0.3, -0.25) is 9.89 Å². The first-order valence-corrected chi connectivity index (χ1v) is 11.2. The molecule has 0 aromatic rings. The molecule has 158 valence electrons. The van der Waals surface area contributed by atoms with Crippen LogP contribution in [0.1, 0.15) is 47.0 Å². The van der Waals surface area contributed by atoms with Gasteiger partial charge in [0, 0.05) is 32.2 Å². The Morgan fingerprint density at radius 2 is 1.78 bits per heavy atom. The third-order valence-corrected chi connectivity index (χ3v) is 6.06. The fourth-order valence-corrected chi connectivity index (χ4v) is 4.17. The van der Waals surface area contributed by atoms with Gasteiger partial charge >= 0.3 is 0 Å². The molecule has 2 aliphatic heterocycles. The molecular weight excluding hydrogens is 338 g/mol. The second kappa shape index (κ2) is 12.6. The van der Waals surface area contributed by atoms with Crippen LogP contribution >= 0.6 is 0 Å². The van der Waals surface area contributed by atoms with E-state index in [9.17, 15) is 0 Å². The molecule has 1 atom stereocenters. The zero-order chi connectivity index (χ0) is 19.5. The number of morpholine rings is 1. The molecule has 6 nitrogen and oxygen atoms in total. The maximum Gasteiger partial charge on any atom is 0.191 e. The number of nitrogens with one attached hydrogen (secondary N) is 2. The normalized spacial score (nSPS) is 22.2. The molecule has 1 unspecified atom stereocenters. The van der Waals surface area contributed by atoms with E-state index in [2.05, 4.69) is 48.1 Å². The molecule has 2 rings (SSSR count). The summed E-state index contributed by atoms with van der Waals surface area (Å²) in [7, 11) is 0. The van der Waals surface area contributed by atoms with Gasteiger partial charge in [-0.25, -0.2) is 0 Å². The standard InChI is InChI=1S/C21H43N5O/c1-5-22-21(23-10-7-19-8-11-25(6-2)12-9-19)24-17-20(18(3)4)26-13-15-27-16-14-26/h18-20H,5-17H2,1-4H3,(H2,22,23,24). The molecule has 0 saturated carbocycles. The van der Waals surface area contributed by atoms with E-state index in [0.717, 1.165) is 57.8 Å². The first kappa shape index (κ1) is 22.4. The molecule has 2 heterocycles. The van der Waals surface area contributed by atoms with Gasteiger partial charge in [0.15, 0.2) is 5.96 Å². The van der Waals surface area contributed by atoms with Crippen LogP contribution in [0.4, 0.5) is 0 Å². The Morgan fingerprint density at radius 3 is 2.37 bits per heavy atom. The molecule has 0 spiro atoms. The van der Waals surface area contributed by atoms with E-state index in [1.807, 2.05) is 0 Å². The van der Waals surface area contributed by atoms with Crippen molar-refractivity contribution >= 4 is 5.96 Å². The fourth-order valence-electron chi connectivity index (χ4n) is 4.17. The predicted molar refractivity (Wildman–Crippen MR) is 114 cm³/mol. The smallest absolute Gasteiger partial charge is 0.191 e. The Kier molecular flexibility index (Phi) is 10.5. The molecule has 27 heavy (non-hydrogen) atoms. The molecule has 2 saturated heterocycles. The second-order valence-electron chi connectivity index (χ2n) is 8.27. The lowest BCUT2D eigenvalue weighted by Gasteiger charge is -2.36. The lowest BCUT2D eigenvalue weighted by atomic mass is 9.93. The Balaban J connectivity index is 1.78. The summed E-state index contributed by atoms with van der Waals surface area (Å²) < 4.78 is 5.51. The lowest BCUT2D eigenvalue weighted by molar-refractivity contribution is 0.00867. The highest BCUT2D eigenvalue weighted by Gasteiger charge is 2.23. The highest BCUT2D eigenvalue weighted by molar-refractivity contribution is 5.79. The van der Waals surface area contributed by atoms with Gasteiger partial charge in [0.1, 0.15) is 0 Å². The van der Waals surface area contributed by atoms with Crippen LogP contribution in [0, 0.1) is 11.8 Å². The molecule has 0 radical (unpaired) electrons. The van der Waals surface area contributed by atoms with Crippen molar-refractivity contribution in [3.63, 3.8) is 0 Å². The molecular formula is C21H43N5O. The van der Waals surface area contributed by atoms with E-state index in [1.54, 1.807) is 0 Å². The van der Waals surface area contributed by atoms with E-state index in [0.29, 0.717) is 12.0 Å². The topological polar surface area (TPSA) is 52.1 Å². The summed E-state index contributed by atoms with van der Waals surface area (Å²) >= 11 is 0. The maximum atomic E-state index is 5.51. The SMILES string of the molecule is CCNC(=NCC(C(C)C)N1CCOCC1)NCCC1CCN(CC)CC1. The minimum atomic E-state index is 0.489. The van der Waals surface area contributed by atoms with Gasteiger partial charge < -0.3 is 20.3 Å². The van der Waals surface area contributed by atoms with Crippen LogP contribution < -0.4 is 10.6 Å². The number of nitrogens with zero attached hydrogens (tertiary/aromatic N) is 3. The van der Waals surface area contributed by atoms with Gasteiger partial charge in [-0.05, 0) is 57.7 Å². The average molecular weight is 382 g/mol. The molecule has 2 aliphatic rings. The third-order valence-electron chi connectivity index (χ3n) is 6.06. The number of guanidine groups is 1. The highest BCUT2D eigenvalue weighted by atomic mass is 16.5. The zero-order valence-electron chi connectivity index (χ0n) is 18.2. The predicted octanol–water partition coefficient (Wildman–Crippen LogP) is 2.02. The number of aliphatic imine (C=N–C) groups is 1. The monoisotopic (exact) mass is 381 g/mol. The zero-order valence-corrected chi connectivity index (χ0v) is 18.2. The van der Waals surface area contributed by atoms with Crippen LogP contribution in [0.3, 0.4) is 0 Å². The third kappa shape index (κ3) is 7.96. The van der Waals surface area contributed by atoms with Crippen LogP contribution in [0.5, 0.6) is 0 Å². The fraction of sp³-hybridized carbons (Fsp3) is 0.952. The molecule has 2 N–H and O–H groups in total. The van der Waals surface area contributed by atoms with Gasteiger partial charge in [-0.1, -0.05) is 20.8 Å². The molecule has 0 bridgehead atoms. The Bertz CT molecular complexity index is 415. The van der Waals surface area contributed by atoms with Gasteiger partial charge in [0.05, 0.1) is 19.8 Å². The summed E-state index contributed by atoms with van der Waals surface area (Å²) in [5.74, 6) is 2.43. The van der Waals surface area contributed by atoms with E-state index in [-0.39, 0.29) is 0 Å². The largest absolute Gasteiger partial charge is 0.379 e. The van der Waals surface area contributed by atoms with Crippen molar-refractivity contribution in [3.8, 4) is 0 Å². The van der Waals surface area contributed by atoms with Gasteiger partial charge in [-0.2, -0.15) is 0 Å². The van der Waals surface area contributed by atoms with Gasteiger partial charge in [-0.15, -0.1) is 0 Å². The number of ether oxygens (including phenoxy) is 1. The number of hydrogen-bond acceptors (Lipinski definition) is 4. The Labute approximate surface area is 167 Å². The number of rotatable bonds is 9. The molecule has 0 aliphatic carbocycles. The van der Waals surface area contributed by atoms with Crippen LogP contribution in [0.25, 0.3) is 0 Å². The van der Waals surface area contributed by atoms with E-state index >= 15 is 0 Å². The minimum absolute atomic E-state index is 0.489. The average Bonchev–Trinajstić information content (AvgIpc) is 2.69. The van der Waals surface area contributed by atoms with E-state index in [1.165, 1.54) is 38.9 Å². The summed E-state index contributed by atoms with van der Waals surface area (Å²) in [6.45, 7) is 19.3. The molecule has 0 aromatic carbocycles. The van der Waals surface area contributed by atoms with Crippen LogP contribution in [0.2, 0.25) is 0 Å². The van der Waals surface area contributed by atoms with E-state index in [4.69, 9.17) is 9.73 Å². The van der Waals surface area contributed by atoms with Crippen molar-refractivity contribution in [2.45, 2.75) is 53.0 Å². The molecule has 0 aromatic heterocycles. The van der Waals surface area contributed by atoms with Crippen molar-refractivity contribution in [2.75, 3.05) is 65.6 Å². The Morgan fingerprint density at radius 1 is 1.07 bits per heavy atom. The molecule has 6 heteroatoms. The van der Waals surface area contributed by atoms with Crippen molar-refractivity contribution in [2.24, 2.45) is 16.8 Å². The number of piperidine rings is 1. The summed E-state index contributed by atoms with van der Waals surface area (Å²) in [6, 6.07) is 0.489. The van der Waals surface area contributed by atoms with Crippen molar-refractivity contribution < 1.29 is 4.74 Å². The Hall–Kier alpha value is -0.850. The second-order valence-corrected chi connectivity index (χ2v) is 8.27. The quantitative estimate of drug-likeness (QED) is 0.473. The van der Waals surface area contributed by atoms with Crippen molar-refractivity contribution in [1.82, 2.24) is 20.4 Å². The van der Waals surface area contributed by atoms with Crippen LogP contribution in [0.15, 0.2) is 4.99 Å². The van der Waals surface area contributed by atoms with Gasteiger partial charge in [0.25, 0.3) is 0 Å². The lowest BCUT2D eigenvalue weighted by Crippen LogP contribution is -2.48. The highest BCUT2D eigenvalue weighted by Crippen LogP contribution is 2.19. The molecule has 0 amide bonds. The first-order chi connectivity index (χ1) is 13.1.